The van der Waals surface area contributed by atoms with Crippen LogP contribution in [-0.2, 0) is 9.59 Å². The van der Waals surface area contributed by atoms with E-state index in [-0.39, 0.29) is 58.1 Å². The molecule has 2 aromatic heterocycles. The molecule has 2 aliphatic heterocycles. The number of rotatable bonds is 5. The Labute approximate surface area is 280 Å². The summed E-state index contributed by atoms with van der Waals surface area (Å²) in [5.41, 5.74) is 0.00714. The Bertz CT molecular complexity index is 2050. The van der Waals surface area contributed by atoms with E-state index in [0.29, 0.717) is 17.1 Å². The maximum absolute atomic E-state index is 16.5. The van der Waals surface area contributed by atoms with Crippen LogP contribution < -0.4 is 15.4 Å². The Kier molecular flexibility index (Phi) is 8.27. The number of pyridine rings is 1. The minimum atomic E-state index is -0.956. The normalized spacial score (nSPS) is 17.7. The molecule has 0 saturated carbocycles. The quantitative estimate of drug-likeness (QED) is 0.262. The number of benzene rings is 2. The van der Waals surface area contributed by atoms with Crippen molar-refractivity contribution in [1.29, 1.82) is 0 Å². The van der Waals surface area contributed by atoms with Gasteiger partial charge in [-0.1, -0.05) is 51.9 Å². The number of phenolic OH excluding ortho intramolecular Hbond substituents is 1. The summed E-state index contributed by atoms with van der Waals surface area (Å²) in [6.45, 7) is 13.1. The van der Waals surface area contributed by atoms with Gasteiger partial charge in [-0.15, -0.1) is 0 Å². The summed E-state index contributed by atoms with van der Waals surface area (Å²) in [5.74, 6) is -3.63. The van der Waals surface area contributed by atoms with Crippen molar-refractivity contribution in [3.05, 3.63) is 81.6 Å². The van der Waals surface area contributed by atoms with E-state index in [2.05, 4.69) is 16.5 Å². The van der Waals surface area contributed by atoms with E-state index >= 15 is 13.6 Å². The molecule has 1 N–H and O–H groups in total. The first kappa shape index (κ1) is 33.1. The molecule has 0 spiro atoms. The van der Waals surface area contributed by atoms with Gasteiger partial charge in [-0.05, 0) is 43.0 Å². The van der Waals surface area contributed by atoms with Gasteiger partial charge in [0.25, 0.3) is 11.5 Å². The van der Waals surface area contributed by atoms with Gasteiger partial charge in [-0.2, -0.15) is 0 Å². The van der Waals surface area contributed by atoms with E-state index in [9.17, 15) is 14.7 Å². The lowest BCUT2D eigenvalue weighted by Gasteiger charge is -2.50. The number of carbonyl (C=O) groups is 2. The Hall–Kier alpha value is -4.84. The highest BCUT2D eigenvalue weighted by atomic mass is 35.5. The highest BCUT2D eigenvalue weighted by molar-refractivity contribution is 6.39. The third-order valence-corrected chi connectivity index (χ3v) is 9.54. The third kappa shape index (κ3) is 4.84. The minimum absolute atomic E-state index is 0.00186. The Morgan fingerprint density at radius 2 is 1.67 bits per heavy atom. The fourth-order valence-electron chi connectivity index (χ4n) is 6.91. The molecule has 0 aliphatic carbocycles. The van der Waals surface area contributed by atoms with Crippen LogP contribution in [-0.4, -0.2) is 68.6 Å². The Morgan fingerprint density at radius 1 is 1.02 bits per heavy atom. The van der Waals surface area contributed by atoms with Crippen LogP contribution in [0.1, 0.15) is 57.8 Å². The molecule has 250 valence electrons. The fourth-order valence-corrected chi connectivity index (χ4v) is 7.28. The van der Waals surface area contributed by atoms with Crippen LogP contribution in [0.3, 0.4) is 0 Å². The van der Waals surface area contributed by atoms with Crippen molar-refractivity contribution in [3.8, 4) is 22.6 Å². The maximum atomic E-state index is 16.5. The predicted octanol–water partition coefficient (Wildman–Crippen LogP) is 5.90. The molecule has 4 heterocycles. The van der Waals surface area contributed by atoms with Crippen molar-refractivity contribution >= 4 is 45.7 Å². The maximum Gasteiger partial charge on any atom is 0.281 e. The topological polar surface area (TPSA) is 112 Å². The van der Waals surface area contributed by atoms with Crippen LogP contribution in [0.4, 0.5) is 20.2 Å². The van der Waals surface area contributed by atoms with Gasteiger partial charge in [0, 0.05) is 30.6 Å². The van der Waals surface area contributed by atoms with Gasteiger partial charge in [0.1, 0.15) is 35.4 Å². The first-order chi connectivity index (χ1) is 22.7. The molecule has 1 fully saturated rings. The molecule has 2 aromatic carbocycles. The number of hydrogen-bond donors (Lipinski definition) is 1. The molecule has 6 rings (SSSR count). The highest BCUT2D eigenvalue weighted by Gasteiger charge is 2.46. The van der Waals surface area contributed by atoms with Crippen molar-refractivity contribution < 1.29 is 23.5 Å². The van der Waals surface area contributed by atoms with Gasteiger partial charge in [0.2, 0.25) is 5.91 Å². The molecule has 13 heteroatoms. The third-order valence-electron chi connectivity index (χ3n) is 9.17. The molecule has 2 amide bonds. The number of nitrogens with zero attached hydrogens (tertiary/aromatic N) is 6. The number of carbonyl (C=O) groups excluding carboxylic acids is 2. The van der Waals surface area contributed by atoms with Crippen molar-refractivity contribution in [1.82, 2.24) is 19.4 Å². The molecule has 0 bridgehead atoms. The number of aromatic hydroxyl groups is 1. The molecule has 2 aliphatic rings. The minimum Gasteiger partial charge on any atom is -0.507 e. The largest absolute Gasteiger partial charge is 0.507 e. The van der Waals surface area contributed by atoms with E-state index in [0.717, 1.165) is 12.1 Å². The van der Waals surface area contributed by atoms with Gasteiger partial charge in [0.05, 0.1) is 45.4 Å². The van der Waals surface area contributed by atoms with E-state index in [1.807, 2.05) is 27.7 Å². The van der Waals surface area contributed by atoms with Crippen LogP contribution in [0.2, 0.25) is 5.02 Å². The van der Waals surface area contributed by atoms with Crippen molar-refractivity contribution in [3.63, 3.8) is 0 Å². The molecular weight excluding hydrogens is 642 g/mol. The zero-order valence-corrected chi connectivity index (χ0v) is 28.1. The number of fused-ring (bicyclic) bond motifs is 5. The van der Waals surface area contributed by atoms with Crippen molar-refractivity contribution in [2.45, 2.75) is 58.5 Å². The van der Waals surface area contributed by atoms with Gasteiger partial charge < -0.3 is 19.8 Å². The Morgan fingerprint density at radius 3 is 2.25 bits per heavy atom. The second-order valence-corrected chi connectivity index (χ2v) is 13.2. The van der Waals surface area contributed by atoms with Crippen molar-refractivity contribution in [2.75, 3.05) is 29.9 Å². The van der Waals surface area contributed by atoms with Crippen LogP contribution in [0.5, 0.6) is 5.75 Å². The van der Waals surface area contributed by atoms with Crippen LogP contribution in [0.15, 0.2) is 48.0 Å². The van der Waals surface area contributed by atoms with E-state index in [1.165, 1.54) is 46.0 Å². The van der Waals surface area contributed by atoms with E-state index < -0.39 is 52.1 Å². The van der Waals surface area contributed by atoms with Gasteiger partial charge in [-0.25, -0.2) is 18.7 Å². The second-order valence-electron chi connectivity index (χ2n) is 12.8. The summed E-state index contributed by atoms with van der Waals surface area (Å²) < 4.78 is 33.1. The van der Waals surface area contributed by atoms with Crippen LogP contribution in [0, 0.1) is 11.6 Å². The first-order valence-corrected chi connectivity index (χ1v) is 16.0. The van der Waals surface area contributed by atoms with Gasteiger partial charge in [0.15, 0.2) is 0 Å². The summed E-state index contributed by atoms with van der Waals surface area (Å²) in [6, 6.07) is 3.40. The molecule has 2 atom stereocenters. The van der Waals surface area contributed by atoms with E-state index in [4.69, 9.17) is 11.6 Å². The molecule has 48 heavy (non-hydrogen) atoms. The average molecular weight is 677 g/mol. The van der Waals surface area contributed by atoms with E-state index in [1.54, 1.807) is 11.8 Å². The predicted molar refractivity (Wildman–Crippen MR) is 181 cm³/mol. The summed E-state index contributed by atoms with van der Waals surface area (Å²) in [7, 11) is 1.46. The van der Waals surface area contributed by atoms with Gasteiger partial charge >= 0.3 is 0 Å². The lowest BCUT2D eigenvalue weighted by Crippen LogP contribution is -2.66. The summed E-state index contributed by atoms with van der Waals surface area (Å²) in [4.78, 5) is 55.3. The molecule has 0 radical (unpaired) electrons. The lowest BCUT2D eigenvalue weighted by atomic mass is 9.95. The summed E-state index contributed by atoms with van der Waals surface area (Å²) in [5, 5.41) is 10.6. The number of anilines is 2. The first-order valence-electron chi connectivity index (χ1n) is 15.6. The number of aromatic nitrogens is 3. The van der Waals surface area contributed by atoms with Crippen molar-refractivity contribution in [2.24, 2.45) is 0 Å². The molecule has 4 aromatic rings. The van der Waals surface area contributed by atoms with Crippen LogP contribution >= 0.6 is 11.6 Å². The molecular formula is C35H35ClF2N6O4. The average Bonchev–Trinajstić information content (AvgIpc) is 3.03. The fraction of sp³-hybridized carbons (Fsp3) is 0.343. The van der Waals surface area contributed by atoms with Gasteiger partial charge in [-0.3, -0.25) is 19.0 Å². The lowest BCUT2D eigenvalue weighted by molar-refractivity contribution is -0.130. The standard InChI is InChI=1S/C35H35ClF2N6O4/c1-8-24(46)42-14-22-34(47)41(7)33-31(43(22)13-18(42)6)19-12-21(38)26(25-20(37)10-9-11-23(25)45)27(36)30(19)44(35(33)48)32-28(16(2)3)39-15-40-29(32)17(4)5/h8-12,15-18,22,45H,1,13-14H2,2-7H3. The monoisotopic (exact) mass is 676 g/mol. The Balaban J connectivity index is 1.82. The number of piperazine rings is 1. The summed E-state index contributed by atoms with van der Waals surface area (Å²) >= 11 is 7.13. The smallest absolute Gasteiger partial charge is 0.281 e. The molecule has 10 nitrogen and oxygen atoms in total. The zero-order chi connectivity index (χ0) is 34.9. The second kappa shape index (κ2) is 12.0. The number of amides is 2. The summed E-state index contributed by atoms with van der Waals surface area (Å²) in [6.07, 6.45) is 2.59. The molecule has 1 saturated heterocycles. The number of likely N-dealkylation sites (N-methyl/N-ethyl adjacent to an activating group) is 1. The molecule has 2 unspecified atom stereocenters. The zero-order valence-electron chi connectivity index (χ0n) is 27.4. The number of phenols is 1. The number of halogens is 3. The SMILES string of the molecule is C=CC(=O)N1CC2C(=O)N(C)c3c(c4cc(F)c(-c5c(O)cccc5F)c(Cl)c4n(-c4c(C(C)C)ncnc4C(C)C)c3=O)N2CC1C. The highest BCUT2D eigenvalue weighted by Crippen LogP contribution is 2.48. The number of hydrogen-bond acceptors (Lipinski definition) is 7. The van der Waals surface area contributed by atoms with Crippen LogP contribution in [0.25, 0.3) is 27.7 Å².